The summed E-state index contributed by atoms with van der Waals surface area (Å²) in [4.78, 5) is 54.7. The average molecular weight is 837 g/mol. The average Bonchev–Trinajstić information content (AvgIpc) is 3.31. The van der Waals surface area contributed by atoms with Crippen LogP contribution in [0, 0.1) is 0 Å². The van der Waals surface area contributed by atoms with Gasteiger partial charge in [-0.05, 0) is 124 Å². The lowest BCUT2D eigenvalue weighted by atomic mass is 10.2. The first-order valence-electron chi connectivity index (χ1n) is 21.9. The number of amides is 4. The van der Waals surface area contributed by atoms with Gasteiger partial charge in [0.15, 0.2) is 0 Å². The maximum atomic E-state index is 12.5. The van der Waals surface area contributed by atoms with Gasteiger partial charge in [-0.25, -0.2) is 0 Å². The van der Waals surface area contributed by atoms with Crippen molar-refractivity contribution in [2.75, 3.05) is 65.4 Å². The third-order valence-corrected chi connectivity index (χ3v) is 9.91. The number of benzene rings is 4. The summed E-state index contributed by atoms with van der Waals surface area (Å²) in [6.45, 7) is 7.37. The van der Waals surface area contributed by atoms with Gasteiger partial charge in [-0.1, -0.05) is 121 Å². The van der Waals surface area contributed by atoms with E-state index in [1.54, 1.807) is 24.3 Å². The van der Waals surface area contributed by atoms with Crippen molar-refractivity contribution in [2.24, 2.45) is 0 Å². The largest absolute Gasteiger partial charge is 0.353 e. The van der Waals surface area contributed by atoms with Crippen LogP contribution in [0.25, 0.3) is 24.3 Å². The maximum Gasteiger partial charge on any atom is 0.243 e. The highest BCUT2D eigenvalue weighted by atomic mass is 16.2. The number of nitrogens with zero attached hydrogens (tertiary/aromatic N) is 2. The summed E-state index contributed by atoms with van der Waals surface area (Å²) in [7, 11) is 0. The Kier molecular flexibility index (Phi) is 23.9. The highest BCUT2D eigenvalue weighted by Crippen LogP contribution is 2.06. The summed E-state index contributed by atoms with van der Waals surface area (Å²) in [5, 5.41) is 12.0. The first-order chi connectivity index (χ1) is 30.4. The summed E-state index contributed by atoms with van der Waals surface area (Å²) >= 11 is 0. The van der Waals surface area contributed by atoms with Gasteiger partial charge in [0.25, 0.3) is 0 Å². The molecular formula is C52H64N6O4. The Morgan fingerprint density at radius 3 is 0.758 bits per heavy atom. The van der Waals surface area contributed by atoms with E-state index in [0.29, 0.717) is 26.2 Å². The second-order valence-corrected chi connectivity index (χ2v) is 14.9. The molecule has 4 amide bonds. The molecule has 0 aliphatic heterocycles. The molecule has 0 fully saturated rings. The number of hydrogen-bond donors (Lipinski definition) is 4. The van der Waals surface area contributed by atoms with Crippen LogP contribution in [0.5, 0.6) is 0 Å². The lowest BCUT2D eigenvalue weighted by Crippen LogP contribution is -2.34. The molecule has 326 valence electrons. The maximum absolute atomic E-state index is 12.5. The predicted octanol–water partition coefficient (Wildman–Crippen LogP) is 7.25. The van der Waals surface area contributed by atoms with E-state index in [2.05, 4.69) is 31.1 Å². The number of carbonyl (C=O) groups is 4. The Balaban J connectivity index is 1.23. The van der Waals surface area contributed by atoms with Crippen LogP contribution < -0.4 is 21.3 Å². The standard InChI is InChI=1S/C52H64N6O4/c59-49(31-27-45-19-5-1-6-20-45)53-35-15-41-57(42-16-36-54-50(60)32-28-46-21-7-2-8-22-46)39-13-14-40-58(43-17-37-55-51(61)33-29-47-23-9-3-10-24-47)44-18-38-56-52(62)34-30-48-25-11-4-12-26-48/h1-12,19-34H,13-18,35-44H2,(H,53,59)(H,54,60)(H,55,61)(H,56,62)/b31-27+,32-28+,33-29+,34-30+. The van der Waals surface area contributed by atoms with Crippen LogP contribution in [-0.2, 0) is 19.2 Å². The van der Waals surface area contributed by atoms with Gasteiger partial charge in [0.2, 0.25) is 23.6 Å². The Hall–Kier alpha value is -6.36. The monoisotopic (exact) mass is 836 g/mol. The highest BCUT2D eigenvalue weighted by Gasteiger charge is 2.09. The van der Waals surface area contributed by atoms with Gasteiger partial charge >= 0.3 is 0 Å². The van der Waals surface area contributed by atoms with E-state index in [1.807, 2.05) is 146 Å². The van der Waals surface area contributed by atoms with E-state index >= 15 is 0 Å². The number of hydrogen-bond acceptors (Lipinski definition) is 6. The Morgan fingerprint density at radius 1 is 0.323 bits per heavy atom. The minimum atomic E-state index is -0.113. The quantitative estimate of drug-likeness (QED) is 0.0338. The molecule has 4 N–H and O–H groups in total. The van der Waals surface area contributed by atoms with Crippen LogP contribution >= 0.6 is 0 Å². The van der Waals surface area contributed by atoms with Crippen LogP contribution in [0.3, 0.4) is 0 Å². The number of unbranched alkanes of at least 4 members (excludes halogenated alkanes) is 1. The summed E-state index contributed by atoms with van der Waals surface area (Å²) in [6, 6.07) is 39.0. The minimum Gasteiger partial charge on any atom is -0.353 e. The summed E-state index contributed by atoms with van der Waals surface area (Å²) < 4.78 is 0. The fourth-order valence-corrected chi connectivity index (χ4v) is 6.58. The van der Waals surface area contributed by atoms with Gasteiger partial charge in [0.05, 0.1) is 0 Å². The summed E-state index contributed by atoms with van der Waals surface area (Å²) in [5.41, 5.74) is 3.92. The molecular weight excluding hydrogens is 773 g/mol. The van der Waals surface area contributed by atoms with Crippen molar-refractivity contribution in [3.8, 4) is 0 Å². The lowest BCUT2D eigenvalue weighted by molar-refractivity contribution is -0.117. The van der Waals surface area contributed by atoms with Crippen LogP contribution in [0.4, 0.5) is 0 Å². The molecule has 0 spiro atoms. The molecule has 0 radical (unpaired) electrons. The number of nitrogens with one attached hydrogen (secondary N) is 4. The van der Waals surface area contributed by atoms with Crippen molar-refractivity contribution in [3.05, 3.63) is 168 Å². The molecule has 4 aromatic carbocycles. The van der Waals surface area contributed by atoms with Crippen LogP contribution in [-0.4, -0.2) is 98.9 Å². The Morgan fingerprint density at radius 2 is 0.532 bits per heavy atom. The number of carbonyl (C=O) groups excluding carboxylic acids is 4. The molecule has 0 aromatic heterocycles. The fraction of sp³-hybridized carbons (Fsp3) is 0.308. The molecule has 4 rings (SSSR count). The highest BCUT2D eigenvalue weighted by molar-refractivity contribution is 5.93. The summed E-state index contributed by atoms with van der Waals surface area (Å²) in [5.74, 6) is -0.451. The second kappa shape index (κ2) is 30.6. The zero-order chi connectivity index (χ0) is 43.7. The van der Waals surface area contributed by atoms with Gasteiger partial charge in [-0.3, -0.25) is 19.2 Å². The fourth-order valence-electron chi connectivity index (χ4n) is 6.58. The smallest absolute Gasteiger partial charge is 0.243 e. The van der Waals surface area contributed by atoms with E-state index in [4.69, 9.17) is 0 Å². The molecule has 10 heteroatoms. The molecule has 0 bridgehead atoms. The van der Waals surface area contributed by atoms with Gasteiger partial charge in [-0.15, -0.1) is 0 Å². The second-order valence-electron chi connectivity index (χ2n) is 14.9. The number of rotatable bonds is 29. The minimum absolute atomic E-state index is 0.113. The van der Waals surface area contributed by atoms with Gasteiger partial charge in [-0.2, -0.15) is 0 Å². The van der Waals surface area contributed by atoms with E-state index in [9.17, 15) is 19.2 Å². The van der Waals surface area contributed by atoms with Crippen LogP contribution in [0.2, 0.25) is 0 Å². The first-order valence-corrected chi connectivity index (χ1v) is 21.9. The van der Waals surface area contributed by atoms with Crippen LogP contribution in [0.15, 0.2) is 146 Å². The van der Waals surface area contributed by atoms with Gasteiger partial charge < -0.3 is 31.1 Å². The van der Waals surface area contributed by atoms with Crippen molar-refractivity contribution < 1.29 is 19.2 Å². The van der Waals surface area contributed by atoms with Crippen molar-refractivity contribution in [3.63, 3.8) is 0 Å². The third kappa shape index (κ3) is 22.9. The van der Waals surface area contributed by atoms with Gasteiger partial charge in [0, 0.05) is 50.5 Å². The van der Waals surface area contributed by atoms with E-state index in [0.717, 1.165) is 100 Å². The normalized spacial score (nSPS) is 11.6. The molecule has 0 atom stereocenters. The third-order valence-electron chi connectivity index (χ3n) is 9.91. The van der Waals surface area contributed by atoms with Crippen molar-refractivity contribution >= 4 is 47.9 Å². The molecule has 0 unspecified atom stereocenters. The lowest BCUT2D eigenvalue weighted by Gasteiger charge is -2.25. The molecule has 0 saturated heterocycles. The molecule has 0 saturated carbocycles. The Labute approximate surface area is 368 Å². The molecule has 62 heavy (non-hydrogen) atoms. The molecule has 10 nitrogen and oxygen atoms in total. The molecule has 4 aromatic rings. The zero-order valence-corrected chi connectivity index (χ0v) is 36.0. The Bertz CT molecular complexity index is 1700. The summed E-state index contributed by atoms with van der Waals surface area (Å²) in [6.07, 6.45) is 18.7. The van der Waals surface area contributed by atoms with Crippen molar-refractivity contribution in [1.82, 2.24) is 31.1 Å². The van der Waals surface area contributed by atoms with Crippen molar-refractivity contribution in [1.29, 1.82) is 0 Å². The van der Waals surface area contributed by atoms with Gasteiger partial charge in [0.1, 0.15) is 0 Å². The SMILES string of the molecule is O=C(/C=C/c1ccccc1)NCCCN(CCCCN(CCCNC(=O)/C=C/c1ccccc1)CCCNC(=O)/C=C/c1ccccc1)CCCNC(=O)/C=C/c1ccccc1. The topological polar surface area (TPSA) is 123 Å². The first kappa shape index (κ1) is 48.3. The van der Waals surface area contributed by atoms with Crippen LogP contribution in [0.1, 0.15) is 60.8 Å². The molecule has 0 aliphatic carbocycles. The predicted molar refractivity (Wildman–Crippen MR) is 255 cm³/mol. The molecule has 0 aliphatic rings. The van der Waals surface area contributed by atoms with Crippen molar-refractivity contribution in [2.45, 2.75) is 38.5 Å². The zero-order valence-electron chi connectivity index (χ0n) is 36.0. The van der Waals surface area contributed by atoms with E-state index in [-0.39, 0.29) is 23.6 Å². The van der Waals surface area contributed by atoms with E-state index < -0.39 is 0 Å². The molecule has 0 heterocycles. The van der Waals surface area contributed by atoms with E-state index in [1.165, 1.54) is 0 Å².